The number of carbonyl (C=O) groups excluding carboxylic acids is 1. The number of carbonyl (C=O) groups is 1. The summed E-state index contributed by atoms with van der Waals surface area (Å²) < 4.78 is 7.42. The number of hydrogen-bond acceptors (Lipinski definition) is 4. The monoisotopic (exact) mass is 466 g/mol. The van der Waals surface area contributed by atoms with E-state index in [1.165, 1.54) is 5.56 Å². The van der Waals surface area contributed by atoms with Crippen LogP contribution in [-0.2, 0) is 4.79 Å². The highest BCUT2D eigenvalue weighted by Gasteiger charge is 2.11. The van der Waals surface area contributed by atoms with Crippen LogP contribution in [0.4, 0.5) is 0 Å². The summed E-state index contributed by atoms with van der Waals surface area (Å²) in [5, 5.41) is 8.89. The van der Waals surface area contributed by atoms with Crippen LogP contribution in [0, 0.1) is 0 Å². The van der Waals surface area contributed by atoms with E-state index in [9.17, 15) is 4.79 Å². The second-order valence-corrected chi connectivity index (χ2v) is 8.42. The molecule has 0 bridgehead atoms. The highest BCUT2D eigenvalue weighted by atomic mass is 16.5. The molecule has 6 heteroatoms. The van der Waals surface area contributed by atoms with E-state index in [0.29, 0.717) is 11.7 Å². The second-order valence-electron chi connectivity index (χ2n) is 8.42. The quantitative estimate of drug-likeness (QED) is 0.231. The number of rotatable bonds is 10. The van der Waals surface area contributed by atoms with Gasteiger partial charge < -0.3 is 4.74 Å². The summed E-state index contributed by atoms with van der Waals surface area (Å²) in [4.78, 5) is 12.3. The van der Waals surface area contributed by atoms with Crippen molar-refractivity contribution in [1.29, 1.82) is 0 Å². The predicted molar refractivity (Wildman–Crippen MR) is 140 cm³/mol. The van der Waals surface area contributed by atoms with Crippen LogP contribution in [0.2, 0.25) is 0 Å². The minimum absolute atomic E-state index is 0.115. The van der Waals surface area contributed by atoms with Gasteiger partial charge in [0.2, 0.25) is 0 Å². The first-order valence-corrected chi connectivity index (χ1v) is 11.9. The van der Waals surface area contributed by atoms with Crippen LogP contribution < -0.4 is 10.2 Å². The summed E-state index contributed by atoms with van der Waals surface area (Å²) in [5.74, 6) is 0.840. The van der Waals surface area contributed by atoms with Gasteiger partial charge in [0.25, 0.3) is 5.91 Å². The standard InChI is InChI=1S/C29H30N4O2/c1-3-10-22(2)23-15-17-27(18-16-23)35-21-28(34)31-30-19-25-20-33(26-13-8-5-9-14-26)32-29(25)24-11-6-4-7-12-24/h4-9,11-20,22H,3,10,21H2,1-2H3,(H,31,34)/t22-/m0/s1. The Balaban J connectivity index is 1.39. The summed E-state index contributed by atoms with van der Waals surface area (Å²) in [5.41, 5.74) is 7.30. The fourth-order valence-electron chi connectivity index (χ4n) is 3.86. The van der Waals surface area contributed by atoms with E-state index in [1.807, 2.05) is 79.0 Å². The number of para-hydroxylation sites is 1. The lowest BCUT2D eigenvalue weighted by molar-refractivity contribution is -0.123. The van der Waals surface area contributed by atoms with Crippen molar-refractivity contribution in [2.24, 2.45) is 5.10 Å². The van der Waals surface area contributed by atoms with Crippen molar-refractivity contribution in [3.63, 3.8) is 0 Å². The molecule has 1 N–H and O–H groups in total. The molecule has 0 saturated carbocycles. The summed E-state index contributed by atoms with van der Waals surface area (Å²) in [6.45, 7) is 4.29. The molecule has 0 aliphatic heterocycles. The average molecular weight is 467 g/mol. The molecular weight excluding hydrogens is 436 g/mol. The van der Waals surface area contributed by atoms with Crippen molar-refractivity contribution >= 4 is 12.1 Å². The Morgan fingerprint density at radius 2 is 1.71 bits per heavy atom. The zero-order valence-corrected chi connectivity index (χ0v) is 20.1. The van der Waals surface area contributed by atoms with Crippen LogP contribution in [0.3, 0.4) is 0 Å². The number of nitrogens with one attached hydrogen (secondary N) is 1. The third kappa shape index (κ3) is 6.44. The molecule has 178 valence electrons. The van der Waals surface area contributed by atoms with Crippen molar-refractivity contribution in [1.82, 2.24) is 15.2 Å². The fourth-order valence-corrected chi connectivity index (χ4v) is 3.86. The molecule has 1 amide bonds. The number of amides is 1. The van der Waals surface area contributed by atoms with Gasteiger partial charge in [-0.2, -0.15) is 10.2 Å². The Labute approximate surface area is 206 Å². The van der Waals surface area contributed by atoms with Crippen molar-refractivity contribution in [2.75, 3.05) is 6.61 Å². The maximum atomic E-state index is 12.3. The number of aromatic nitrogens is 2. The zero-order valence-electron chi connectivity index (χ0n) is 20.1. The Hall–Kier alpha value is -4.19. The molecule has 3 aromatic carbocycles. The highest BCUT2D eigenvalue weighted by Crippen LogP contribution is 2.23. The molecule has 0 spiro atoms. The largest absolute Gasteiger partial charge is 0.484 e. The highest BCUT2D eigenvalue weighted by molar-refractivity contribution is 5.89. The number of benzene rings is 3. The van der Waals surface area contributed by atoms with Gasteiger partial charge in [-0.05, 0) is 42.2 Å². The van der Waals surface area contributed by atoms with E-state index in [1.54, 1.807) is 10.9 Å². The van der Waals surface area contributed by atoms with Crippen LogP contribution in [0.25, 0.3) is 16.9 Å². The van der Waals surface area contributed by atoms with Crippen molar-refractivity contribution < 1.29 is 9.53 Å². The summed E-state index contributed by atoms with van der Waals surface area (Å²) in [6.07, 6.45) is 5.80. The molecule has 1 heterocycles. The lowest BCUT2D eigenvalue weighted by Crippen LogP contribution is -2.24. The van der Waals surface area contributed by atoms with E-state index in [4.69, 9.17) is 9.84 Å². The van der Waals surface area contributed by atoms with E-state index >= 15 is 0 Å². The summed E-state index contributed by atoms with van der Waals surface area (Å²) >= 11 is 0. The summed E-state index contributed by atoms with van der Waals surface area (Å²) in [6, 6.07) is 27.7. The predicted octanol–water partition coefficient (Wildman–Crippen LogP) is 5.97. The van der Waals surface area contributed by atoms with E-state index in [2.05, 4.69) is 36.5 Å². The van der Waals surface area contributed by atoms with Crippen LogP contribution in [0.5, 0.6) is 5.75 Å². The van der Waals surface area contributed by atoms with E-state index in [-0.39, 0.29) is 12.5 Å². The SMILES string of the molecule is CCC[C@H](C)c1ccc(OCC(=O)NN=Cc2cn(-c3ccccc3)nc2-c2ccccc2)cc1. The Bertz CT molecular complexity index is 1250. The van der Waals surface area contributed by atoms with Crippen LogP contribution in [0.1, 0.15) is 43.7 Å². The molecule has 0 aliphatic carbocycles. The zero-order chi connectivity index (χ0) is 24.5. The molecule has 0 fully saturated rings. The molecule has 1 atom stereocenters. The van der Waals surface area contributed by atoms with Gasteiger partial charge in [0.15, 0.2) is 6.61 Å². The normalized spacial score (nSPS) is 11.9. The topological polar surface area (TPSA) is 68.5 Å². The second kappa shape index (κ2) is 11.8. The average Bonchev–Trinajstić information content (AvgIpc) is 3.33. The maximum Gasteiger partial charge on any atom is 0.277 e. The lowest BCUT2D eigenvalue weighted by atomic mass is 9.97. The first-order chi connectivity index (χ1) is 17.1. The van der Waals surface area contributed by atoms with E-state index in [0.717, 1.165) is 35.3 Å². The number of hydrazone groups is 1. The molecule has 0 radical (unpaired) electrons. The molecule has 6 nitrogen and oxygen atoms in total. The van der Waals surface area contributed by atoms with Crippen LogP contribution in [0.15, 0.2) is 96.2 Å². The van der Waals surface area contributed by atoms with Gasteiger partial charge >= 0.3 is 0 Å². The van der Waals surface area contributed by atoms with Gasteiger partial charge in [0.1, 0.15) is 11.4 Å². The third-order valence-corrected chi connectivity index (χ3v) is 5.74. The van der Waals surface area contributed by atoms with Crippen LogP contribution >= 0.6 is 0 Å². The Morgan fingerprint density at radius 3 is 2.40 bits per heavy atom. The molecule has 0 saturated heterocycles. The molecule has 4 rings (SSSR count). The first kappa shape index (κ1) is 24.0. The number of ether oxygens (including phenoxy) is 1. The molecule has 0 unspecified atom stereocenters. The van der Waals surface area contributed by atoms with Gasteiger partial charge in [-0.15, -0.1) is 0 Å². The summed E-state index contributed by atoms with van der Waals surface area (Å²) in [7, 11) is 0. The minimum atomic E-state index is -0.332. The van der Waals surface area contributed by atoms with Gasteiger partial charge in [-0.3, -0.25) is 4.79 Å². The lowest BCUT2D eigenvalue weighted by Gasteiger charge is -2.11. The van der Waals surface area contributed by atoms with Crippen LogP contribution in [-0.4, -0.2) is 28.5 Å². The first-order valence-electron chi connectivity index (χ1n) is 11.9. The van der Waals surface area contributed by atoms with Crippen molar-refractivity contribution in [2.45, 2.75) is 32.6 Å². The van der Waals surface area contributed by atoms with Gasteiger partial charge in [-0.25, -0.2) is 10.1 Å². The van der Waals surface area contributed by atoms with Gasteiger partial charge in [0, 0.05) is 17.3 Å². The maximum absolute atomic E-state index is 12.3. The molecule has 1 aromatic heterocycles. The Morgan fingerprint density at radius 1 is 1.03 bits per heavy atom. The molecular formula is C29H30N4O2. The number of nitrogens with zero attached hydrogens (tertiary/aromatic N) is 3. The van der Waals surface area contributed by atoms with Gasteiger partial charge in [-0.1, -0.05) is 80.9 Å². The third-order valence-electron chi connectivity index (χ3n) is 5.74. The van der Waals surface area contributed by atoms with E-state index < -0.39 is 0 Å². The smallest absolute Gasteiger partial charge is 0.277 e. The molecule has 4 aromatic rings. The number of hydrogen-bond donors (Lipinski definition) is 1. The Kier molecular flexibility index (Phi) is 8.07. The van der Waals surface area contributed by atoms with Crippen molar-refractivity contribution in [3.8, 4) is 22.7 Å². The molecule has 0 aliphatic rings. The minimum Gasteiger partial charge on any atom is -0.484 e. The van der Waals surface area contributed by atoms with Crippen molar-refractivity contribution in [3.05, 3.63) is 102 Å². The molecule has 35 heavy (non-hydrogen) atoms. The van der Waals surface area contributed by atoms with Gasteiger partial charge in [0.05, 0.1) is 11.9 Å². The fraction of sp³-hybridized carbons (Fsp3) is 0.207.